The second-order valence-corrected chi connectivity index (χ2v) is 24.5. The zero-order chi connectivity index (χ0) is 71.5. The Morgan fingerprint density at radius 2 is 1.00 bits per heavy atom. The number of aromatic hydroxyl groups is 1. The van der Waals surface area contributed by atoms with Gasteiger partial charge in [0.05, 0.1) is 24.9 Å². The van der Waals surface area contributed by atoms with Gasteiger partial charge in [0.25, 0.3) is 0 Å². The van der Waals surface area contributed by atoms with Crippen molar-refractivity contribution in [3.8, 4) is 5.75 Å². The number of thiol groups is 2. The summed E-state index contributed by atoms with van der Waals surface area (Å²) in [6.45, 7) is 4.92. The number of carbonyl (C=O) groups is 9. The molecule has 9 amide bonds. The van der Waals surface area contributed by atoms with Crippen LogP contribution in [0.2, 0.25) is 0 Å². The van der Waals surface area contributed by atoms with E-state index in [0.717, 1.165) is 25.1 Å². The first-order valence-electron chi connectivity index (χ1n) is 32.6. The van der Waals surface area contributed by atoms with Gasteiger partial charge in [0, 0.05) is 79.7 Å². The first-order valence-corrected chi connectivity index (χ1v) is 33.8. The fraction of sp³-hybridized carbons (Fsp3) is 0.478. The number of aliphatic hydroxyl groups is 3. The Balaban J connectivity index is 1.33. The predicted molar refractivity (Wildman–Crippen MR) is 377 cm³/mol. The molecule has 31 heteroatoms. The van der Waals surface area contributed by atoms with Gasteiger partial charge in [-0.1, -0.05) is 72.8 Å². The summed E-state index contributed by atoms with van der Waals surface area (Å²) in [6, 6.07) is 17.6. The highest BCUT2D eigenvalue weighted by molar-refractivity contribution is 7.80. The van der Waals surface area contributed by atoms with E-state index in [-0.39, 0.29) is 61.8 Å². The maximum atomic E-state index is 15.0. The maximum absolute atomic E-state index is 15.0. The van der Waals surface area contributed by atoms with Crippen LogP contribution in [0, 0.1) is 5.92 Å². The van der Waals surface area contributed by atoms with Gasteiger partial charge in [-0.2, -0.15) is 25.3 Å². The minimum Gasteiger partial charge on any atom is -0.508 e. The number of unbranched alkanes of at least 4 members (excludes halogenated alkanes) is 1. The molecule has 0 saturated heterocycles. The number of aromatic amines is 1. The van der Waals surface area contributed by atoms with Crippen molar-refractivity contribution in [2.45, 2.75) is 119 Å². The molecule has 0 spiro atoms. The molecule has 0 saturated carbocycles. The largest absolute Gasteiger partial charge is 0.508 e. The van der Waals surface area contributed by atoms with E-state index in [2.05, 4.69) is 88.7 Å². The fourth-order valence-electron chi connectivity index (χ4n) is 10.4. The highest BCUT2D eigenvalue weighted by atomic mass is 32.1. The second kappa shape index (κ2) is 43.2. The Bertz CT molecular complexity index is 3310. The molecular weight excluding hydrogens is 1300 g/mol. The summed E-state index contributed by atoms with van der Waals surface area (Å²) >= 11 is 8.57. The van der Waals surface area contributed by atoms with E-state index in [0.29, 0.717) is 65.9 Å². The van der Waals surface area contributed by atoms with Crippen molar-refractivity contribution in [2.24, 2.45) is 23.1 Å². The molecule has 10 atom stereocenters. The second-order valence-electron chi connectivity index (χ2n) is 23.8. The molecule has 5 rings (SSSR count). The van der Waals surface area contributed by atoms with Crippen molar-refractivity contribution in [1.29, 1.82) is 0 Å². The average Bonchev–Trinajstić information content (AvgIpc) is 1.63. The molecule has 536 valence electrons. The number of fused-ring (bicyclic) bond motifs is 1. The van der Waals surface area contributed by atoms with Gasteiger partial charge in [-0.15, -0.1) is 0 Å². The van der Waals surface area contributed by atoms with Gasteiger partial charge in [-0.05, 0) is 118 Å². The number of benzene rings is 4. The predicted octanol–water partition coefficient (Wildman–Crippen LogP) is -2.57. The van der Waals surface area contributed by atoms with Gasteiger partial charge in [0.1, 0.15) is 61.3 Å². The summed E-state index contributed by atoms with van der Waals surface area (Å²) in [5, 5.41) is 71.6. The number of phenols is 1. The number of hydrogen-bond acceptors (Lipinski definition) is 21. The third kappa shape index (κ3) is 27.6. The minimum absolute atomic E-state index is 0.0539. The van der Waals surface area contributed by atoms with E-state index in [4.69, 9.17) is 21.9 Å². The Morgan fingerprint density at radius 3 is 1.57 bits per heavy atom. The minimum atomic E-state index is -1.71. The molecule has 0 aliphatic rings. The topological polar surface area (TPSA) is 470 Å². The van der Waals surface area contributed by atoms with Crippen LogP contribution < -0.4 is 75.7 Å². The number of rotatable bonds is 45. The lowest BCUT2D eigenvalue weighted by Crippen LogP contribution is -2.62. The highest BCUT2D eigenvalue weighted by Crippen LogP contribution is 2.21. The van der Waals surface area contributed by atoms with Crippen molar-refractivity contribution in [1.82, 2.24) is 58.2 Å². The molecule has 29 nitrogen and oxygen atoms in total. The van der Waals surface area contributed by atoms with Gasteiger partial charge in [0.15, 0.2) is 0 Å². The molecule has 1 heterocycles. The van der Waals surface area contributed by atoms with Crippen LogP contribution >= 0.6 is 25.3 Å². The third-order valence-electron chi connectivity index (χ3n) is 15.8. The lowest BCUT2D eigenvalue weighted by atomic mass is 9.98. The molecule has 98 heavy (non-hydrogen) atoms. The molecule has 22 N–H and O–H groups in total. The van der Waals surface area contributed by atoms with Crippen LogP contribution in [0.5, 0.6) is 5.75 Å². The molecule has 4 aromatic carbocycles. The smallest absolute Gasteiger partial charge is 0.250 e. The Morgan fingerprint density at radius 1 is 0.510 bits per heavy atom. The summed E-state index contributed by atoms with van der Waals surface area (Å²) in [5.41, 5.74) is 21.0. The first kappa shape index (κ1) is 80.5. The highest BCUT2D eigenvalue weighted by Gasteiger charge is 2.36. The van der Waals surface area contributed by atoms with Crippen LogP contribution in [-0.4, -0.2) is 216 Å². The lowest BCUT2D eigenvalue weighted by molar-refractivity contribution is -0.136. The number of nitrogens with one attached hydrogen (secondary N) is 12. The fourth-order valence-corrected chi connectivity index (χ4v) is 10.9. The van der Waals surface area contributed by atoms with E-state index < -0.39 is 134 Å². The van der Waals surface area contributed by atoms with E-state index in [1.165, 1.54) is 38.1 Å². The number of hydrogen-bond donors (Lipinski definition) is 21. The van der Waals surface area contributed by atoms with Crippen LogP contribution in [0.15, 0.2) is 109 Å². The number of nitrogens with two attached hydrogens (primary N) is 3. The van der Waals surface area contributed by atoms with Crippen LogP contribution in [0.1, 0.15) is 55.4 Å². The number of H-pyrrole nitrogens is 1. The average molecular weight is 1400 g/mol. The number of amides is 9. The normalized spacial score (nSPS) is 14.4. The molecular formula is C67H97N15O14S2. The Labute approximate surface area is 581 Å². The van der Waals surface area contributed by atoms with Gasteiger partial charge < -0.3 is 106 Å². The standard InChI is InChI=1S/C67H97N15O14S2/c1-40(84)55(35-83)79-66(94)57(39-98)81-67(95)60(41(2)85)82-61(89)51(14-8-9-23-68)76-64(92)54(31-46-34-73-50-13-7-6-12-49(46)50)78-63(91)53(30-44-17-21-48(86)22-18-44)77-65(93)56(38-97)80-62(90)52(29-42-10-4-3-5-11-42)75-59(88)37-96-36-58(87)74-47-19-15-43(16-20-47)28-45(32-71-26-24-69)33-72-27-25-70/h3-7,10-13,15-22,34,40-41,45,51-57,60,71-73,83-86,97-98H,8-9,14,23-33,35-39,68-70H2,1-2H3,(H,74,87)(H,75,88)(H,76,92)(H,77,93)(H,78,91)(H,79,94)(H,80,90)(H,81,95)(H,82,89)/t40-,41-,51+,52+,53+,54+,55?,56+,57+,60+/m1/s1. The van der Waals surface area contributed by atoms with E-state index >= 15 is 0 Å². The molecule has 0 aliphatic heterocycles. The van der Waals surface area contributed by atoms with E-state index in [9.17, 15) is 63.6 Å². The quantitative estimate of drug-likeness (QED) is 0.0141. The van der Waals surface area contributed by atoms with Gasteiger partial charge in [-0.25, -0.2) is 0 Å². The maximum Gasteiger partial charge on any atom is 0.250 e. The number of anilines is 1. The van der Waals surface area contributed by atoms with Crippen LogP contribution in [-0.2, 0) is 73.6 Å². The molecule has 0 bridgehead atoms. The number of phenolic OH excluding ortho intramolecular Hbond substituents is 1. The molecule has 5 aromatic rings. The number of ether oxygens (including phenoxy) is 1. The van der Waals surface area contributed by atoms with Crippen molar-refractivity contribution in [2.75, 3.05) is 82.5 Å². The van der Waals surface area contributed by atoms with E-state index in [1.807, 2.05) is 12.1 Å². The number of para-hydroxylation sites is 1. The zero-order valence-electron chi connectivity index (χ0n) is 55.2. The summed E-state index contributed by atoms with van der Waals surface area (Å²) in [7, 11) is 0. The van der Waals surface area contributed by atoms with Crippen molar-refractivity contribution >= 4 is 95.0 Å². The van der Waals surface area contributed by atoms with Crippen molar-refractivity contribution < 1.29 is 68.3 Å². The summed E-state index contributed by atoms with van der Waals surface area (Å²) in [6.07, 6.45) is -0.211. The molecule has 0 fully saturated rings. The molecule has 0 aliphatic carbocycles. The first-order chi connectivity index (χ1) is 47.1. The number of carbonyl (C=O) groups excluding carboxylic acids is 9. The lowest BCUT2D eigenvalue weighted by Gasteiger charge is -2.29. The zero-order valence-corrected chi connectivity index (χ0v) is 57.0. The Kier molecular flexibility index (Phi) is 35.5. The number of aromatic nitrogens is 1. The van der Waals surface area contributed by atoms with Crippen LogP contribution in [0.3, 0.4) is 0 Å². The van der Waals surface area contributed by atoms with Gasteiger partial charge >= 0.3 is 0 Å². The summed E-state index contributed by atoms with van der Waals surface area (Å²) in [5.74, 6) is -8.04. The van der Waals surface area contributed by atoms with Gasteiger partial charge in [0.2, 0.25) is 53.2 Å². The molecule has 1 aromatic heterocycles. The summed E-state index contributed by atoms with van der Waals surface area (Å²) in [4.78, 5) is 130. The van der Waals surface area contributed by atoms with E-state index in [1.54, 1.807) is 72.9 Å². The number of aliphatic hydroxyl groups excluding tert-OH is 3. The molecule has 1 unspecified atom stereocenters. The van der Waals surface area contributed by atoms with Gasteiger partial charge in [-0.3, -0.25) is 43.2 Å². The van der Waals surface area contributed by atoms with Crippen LogP contribution in [0.25, 0.3) is 10.9 Å². The third-order valence-corrected chi connectivity index (χ3v) is 16.5. The van der Waals surface area contributed by atoms with Crippen molar-refractivity contribution in [3.05, 3.63) is 132 Å². The molecule has 0 radical (unpaired) electrons. The summed E-state index contributed by atoms with van der Waals surface area (Å²) < 4.78 is 5.49. The van der Waals surface area contributed by atoms with Crippen molar-refractivity contribution in [3.63, 3.8) is 0 Å². The van der Waals surface area contributed by atoms with Crippen LogP contribution in [0.4, 0.5) is 5.69 Å². The Hall–Kier alpha value is -8.21. The SMILES string of the molecule is C[C@@H](O)C(CO)NC(=O)[C@H](CS)NC(=O)[C@@H](NC(=O)[C@H](CCCCN)NC(=O)[C@H](Cc1c[nH]c2ccccc12)NC(=O)[C@H](Cc1ccc(O)cc1)NC(=O)[C@H](CS)NC(=O)[C@H](Cc1ccccc1)NC(=O)COCC(=O)Nc1ccc(CC(CNCCN)CNCCN)cc1)[C@@H](C)O. The monoisotopic (exact) mass is 1400 g/mol.